The van der Waals surface area contributed by atoms with E-state index in [1.54, 1.807) is 0 Å². The fourth-order valence-corrected chi connectivity index (χ4v) is 8.75. The predicted molar refractivity (Wildman–Crippen MR) is 203 cm³/mol. The molecule has 2 nitrogen and oxygen atoms in total. The number of anilines is 3. The van der Waals surface area contributed by atoms with Crippen LogP contribution in [-0.4, -0.2) is 4.57 Å². The van der Waals surface area contributed by atoms with Crippen molar-refractivity contribution in [3.8, 4) is 5.69 Å². The quantitative estimate of drug-likeness (QED) is 0.191. The second-order valence-electron chi connectivity index (χ2n) is 12.1. The summed E-state index contributed by atoms with van der Waals surface area (Å²) in [5.41, 5.74) is 7.05. The van der Waals surface area contributed by atoms with Crippen LogP contribution in [0.1, 0.15) is 0 Å². The molecule has 0 spiro atoms. The van der Waals surface area contributed by atoms with Gasteiger partial charge < -0.3 is 9.47 Å². The second kappa shape index (κ2) is 10.3. The molecule has 0 fully saturated rings. The molecule has 0 N–H and O–H groups in total. The minimum Gasteiger partial charge on any atom is -0.310 e. The number of nitrogens with zero attached hydrogens (tertiary/aromatic N) is 2. The number of hydrogen-bond donors (Lipinski definition) is 0. The molecule has 8 aromatic carbocycles. The van der Waals surface area contributed by atoms with E-state index in [0.29, 0.717) is 0 Å². The zero-order valence-corrected chi connectivity index (χ0v) is 26.3. The summed E-state index contributed by atoms with van der Waals surface area (Å²) in [5.74, 6) is 0. The van der Waals surface area contributed by atoms with Crippen LogP contribution in [0, 0.1) is 0 Å². The van der Waals surface area contributed by atoms with Gasteiger partial charge in [0.15, 0.2) is 0 Å². The third kappa shape index (κ3) is 3.97. The molecular weight excluding hydrogens is 589 g/mol. The molecule has 0 unspecified atom stereocenters. The van der Waals surface area contributed by atoms with E-state index in [0.717, 1.165) is 17.1 Å². The fourth-order valence-electron chi connectivity index (χ4n) is 7.49. The summed E-state index contributed by atoms with van der Waals surface area (Å²) in [6.45, 7) is 0. The number of benzene rings is 8. The van der Waals surface area contributed by atoms with E-state index in [2.05, 4.69) is 179 Å². The molecule has 0 aliphatic rings. The van der Waals surface area contributed by atoms with Gasteiger partial charge in [0.25, 0.3) is 0 Å². The smallest absolute Gasteiger partial charge is 0.0726 e. The molecule has 0 saturated carbocycles. The Labute approximate surface area is 276 Å². The summed E-state index contributed by atoms with van der Waals surface area (Å²) in [4.78, 5) is 2.39. The maximum Gasteiger partial charge on any atom is 0.0726 e. The van der Waals surface area contributed by atoms with Crippen molar-refractivity contribution in [2.75, 3.05) is 4.90 Å². The van der Waals surface area contributed by atoms with E-state index in [1.165, 1.54) is 69.2 Å². The predicted octanol–water partition coefficient (Wildman–Crippen LogP) is 12.9. The minimum absolute atomic E-state index is 1.13. The van der Waals surface area contributed by atoms with Crippen molar-refractivity contribution in [2.45, 2.75) is 0 Å². The highest BCUT2D eigenvalue weighted by molar-refractivity contribution is 7.27. The van der Waals surface area contributed by atoms with Gasteiger partial charge in [-0.05, 0) is 82.2 Å². The lowest BCUT2D eigenvalue weighted by atomic mass is 9.98. The Kier molecular flexibility index (Phi) is 5.78. The molecule has 2 heterocycles. The van der Waals surface area contributed by atoms with Crippen molar-refractivity contribution in [1.82, 2.24) is 4.57 Å². The first-order valence-corrected chi connectivity index (χ1v) is 16.8. The van der Waals surface area contributed by atoms with E-state index >= 15 is 0 Å². The van der Waals surface area contributed by atoms with Crippen LogP contribution < -0.4 is 4.90 Å². The second-order valence-corrected chi connectivity index (χ2v) is 13.2. The molecule has 2 aromatic heterocycles. The van der Waals surface area contributed by atoms with Crippen LogP contribution in [0.4, 0.5) is 17.1 Å². The molecule has 0 amide bonds. The van der Waals surface area contributed by atoms with Crippen LogP contribution in [0.2, 0.25) is 0 Å². The molecule has 47 heavy (non-hydrogen) atoms. The lowest BCUT2D eigenvalue weighted by molar-refractivity contribution is 1.19. The van der Waals surface area contributed by atoms with E-state index in [1.807, 2.05) is 11.3 Å². The first kappa shape index (κ1) is 26.3. The Bertz CT molecular complexity index is 2790. The highest BCUT2D eigenvalue weighted by Crippen LogP contribution is 2.49. The van der Waals surface area contributed by atoms with Gasteiger partial charge in [0.2, 0.25) is 0 Å². The van der Waals surface area contributed by atoms with Gasteiger partial charge in [0.05, 0.1) is 15.7 Å². The molecule has 220 valence electrons. The monoisotopic (exact) mass is 616 g/mol. The molecule has 10 rings (SSSR count). The van der Waals surface area contributed by atoms with Gasteiger partial charge in [0, 0.05) is 49.0 Å². The Balaban J connectivity index is 1.35. The molecule has 0 bridgehead atoms. The van der Waals surface area contributed by atoms with Crippen LogP contribution >= 0.6 is 11.3 Å². The van der Waals surface area contributed by atoms with Gasteiger partial charge in [0.1, 0.15) is 0 Å². The van der Waals surface area contributed by atoms with Crippen LogP contribution in [0.5, 0.6) is 0 Å². The third-order valence-electron chi connectivity index (χ3n) is 9.51. The summed E-state index contributed by atoms with van der Waals surface area (Å²) < 4.78 is 5.13. The first-order chi connectivity index (χ1) is 23.3. The zero-order valence-electron chi connectivity index (χ0n) is 25.5. The van der Waals surface area contributed by atoms with Crippen molar-refractivity contribution in [1.29, 1.82) is 0 Å². The van der Waals surface area contributed by atoms with Gasteiger partial charge in [-0.3, -0.25) is 0 Å². The Hall–Kier alpha value is -5.90. The topological polar surface area (TPSA) is 8.17 Å². The number of aromatic nitrogens is 1. The van der Waals surface area contributed by atoms with Crippen molar-refractivity contribution in [2.24, 2.45) is 0 Å². The number of para-hydroxylation sites is 2. The maximum atomic E-state index is 2.49. The maximum absolute atomic E-state index is 2.49. The molecule has 0 atom stereocenters. The molecule has 0 radical (unpaired) electrons. The van der Waals surface area contributed by atoms with Crippen molar-refractivity contribution in [3.63, 3.8) is 0 Å². The highest BCUT2D eigenvalue weighted by Gasteiger charge is 2.23. The standard InChI is InChI=1S/C44H28N2S/c1-3-15-31(16-4-1)45(33-24-23-29-13-7-8-14-30(29)27-33)34-25-26-39-38(28-34)41-35-19-9-10-20-36(35)42-37-21-11-12-22-40(37)47-44(42)43(41)46(39)32-17-5-2-6-18-32/h1-28H. The van der Waals surface area contributed by atoms with Crippen molar-refractivity contribution < 1.29 is 0 Å². The lowest BCUT2D eigenvalue weighted by Gasteiger charge is -2.26. The average Bonchev–Trinajstić information content (AvgIpc) is 3.69. The number of fused-ring (bicyclic) bond motifs is 11. The van der Waals surface area contributed by atoms with Crippen LogP contribution in [0.25, 0.3) is 69.2 Å². The molecule has 0 aliphatic carbocycles. The lowest BCUT2D eigenvalue weighted by Crippen LogP contribution is -2.09. The number of hydrogen-bond acceptors (Lipinski definition) is 2. The minimum atomic E-state index is 1.13. The molecule has 3 heteroatoms. The molecule has 0 saturated heterocycles. The van der Waals surface area contributed by atoms with Gasteiger partial charge in [-0.2, -0.15) is 0 Å². The molecule has 10 aromatic rings. The Morgan fingerprint density at radius 3 is 1.85 bits per heavy atom. The van der Waals surface area contributed by atoms with Crippen LogP contribution in [0.15, 0.2) is 170 Å². The van der Waals surface area contributed by atoms with Gasteiger partial charge >= 0.3 is 0 Å². The summed E-state index contributed by atoms with van der Waals surface area (Å²) >= 11 is 1.90. The van der Waals surface area contributed by atoms with E-state index in [-0.39, 0.29) is 0 Å². The van der Waals surface area contributed by atoms with E-state index < -0.39 is 0 Å². The Morgan fingerprint density at radius 1 is 0.426 bits per heavy atom. The van der Waals surface area contributed by atoms with Gasteiger partial charge in [-0.25, -0.2) is 0 Å². The van der Waals surface area contributed by atoms with Crippen molar-refractivity contribution >= 4 is 91.9 Å². The third-order valence-corrected chi connectivity index (χ3v) is 10.7. The largest absolute Gasteiger partial charge is 0.310 e. The fraction of sp³-hybridized carbons (Fsp3) is 0. The van der Waals surface area contributed by atoms with Crippen molar-refractivity contribution in [3.05, 3.63) is 170 Å². The SMILES string of the molecule is c1ccc(N(c2ccc3ccccc3c2)c2ccc3c(c2)c2c4ccccc4c4c5ccccc5sc4c2n3-c2ccccc2)cc1. The number of rotatable bonds is 4. The molecular formula is C44H28N2S. The van der Waals surface area contributed by atoms with Crippen LogP contribution in [-0.2, 0) is 0 Å². The van der Waals surface area contributed by atoms with E-state index in [4.69, 9.17) is 0 Å². The average molecular weight is 617 g/mol. The summed E-state index contributed by atoms with van der Waals surface area (Å²) in [5, 5.41) is 10.3. The van der Waals surface area contributed by atoms with Gasteiger partial charge in [-0.15, -0.1) is 11.3 Å². The summed E-state index contributed by atoms with van der Waals surface area (Å²) in [7, 11) is 0. The number of thiophene rings is 1. The first-order valence-electron chi connectivity index (χ1n) is 16.0. The Morgan fingerprint density at radius 2 is 1.04 bits per heavy atom. The summed E-state index contributed by atoms with van der Waals surface area (Å²) in [6, 6.07) is 61.8. The summed E-state index contributed by atoms with van der Waals surface area (Å²) in [6.07, 6.45) is 0. The van der Waals surface area contributed by atoms with Crippen LogP contribution in [0.3, 0.4) is 0 Å². The van der Waals surface area contributed by atoms with E-state index in [9.17, 15) is 0 Å². The normalized spacial score (nSPS) is 11.8. The zero-order chi connectivity index (χ0) is 30.9. The van der Waals surface area contributed by atoms with Gasteiger partial charge in [-0.1, -0.05) is 109 Å². The molecule has 0 aliphatic heterocycles. The highest BCUT2D eigenvalue weighted by atomic mass is 32.1.